The van der Waals surface area contributed by atoms with E-state index in [1.165, 1.54) is 0 Å². The topological polar surface area (TPSA) is 17.1 Å². The van der Waals surface area contributed by atoms with Gasteiger partial charge in [-0.05, 0) is 0 Å². The van der Waals surface area contributed by atoms with Crippen LogP contribution >= 0.6 is 7.80 Å². The predicted octanol–water partition coefficient (Wildman–Crippen LogP) is 1.07. The number of rotatable bonds is 0. The summed E-state index contributed by atoms with van der Waals surface area (Å²) < 4.78 is 9.59. The summed E-state index contributed by atoms with van der Waals surface area (Å²) in [6.07, 6.45) is 0. The van der Waals surface area contributed by atoms with Crippen LogP contribution in [-0.4, -0.2) is 13.3 Å². The predicted molar refractivity (Wildman–Crippen MR) is 19.5 cm³/mol. The van der Waals surface area contributed by atoms with Gasteiger partial charge in [-0.25, -0.2) is 0 Å². The lowest BCUT2D eigenvalue weighted by Gasteiger charge is -1.37. The van der Waals surface area contributed by atoms with E-state index >= 15 is 0 Å². The smallest absolute Gasteiger partial charge is 0.0755 e. The van der Waals surface area contributed by atoms with Crippen molar-refractivity contribution in [3.05, 3.63) is 0 Å². The summed E-state index contributed by atoms with van der Waals surface area (Å²) in [6, 6.07) is 0. The normalized spacial score (nSPS) is 6.50. The minimum absolute atomic E-state index is 0.870. The highest BCUT2D eigenvalue weighted by molar-refractivity contribution is 7.42. The molecule has 0 N–H and O–H groups in total. The van der Waals surface area contributed by atoms with Crippen LogP contribution in [0, 0.1) is 0 Å². The zero-order valence-corrected chi connectivity index (χ0v) is 3.75. The van der Waals surface area contributed by atoms with Crippen LogP contribution in [0.15, 0.2) is 0 Å². The van der Waals surface area contributed by atoms with Crippen molar-refractivity contribution in [2.24, 2.45) is 0 Å². The second-order valence-corrected chi connectivity index (χ2v) is 2.44. The van der Waals surface area contributed by atoms with Crippen molar-refractivity contribution in [1.29, 1.82) is 0 Å². The fourth-order valence-electron chi connectivity index (χ4n) is 0. The van der Waals surface area contributed by atoms with Crippen LogP contribution in [0.2, 0.25) is 0 Å². The Hall–Kier alpha value is 0.100. The van der Waals surface area contributed by atoms with Gasteiger partial charge in [0.1, 0.15) is 13.3 Å². The Labute approximate surface area is 26.8 Å². The Morgan fingerprint density at radius 1 is 1.50 bits per heavy atom. The van der Waals surface area contributed by atoms with Crippen molar-refractivity contribution in [1.82, 2.24) is 0 Å². The van der Waals surface area contributed by atoms with E-state index in [1.807, 2.05) is 0 Å². The Bertz CT molecular complexity index is 29.0. The first kappa shape index (κ1) is 4.10. The molecule has 0 aromatic carbocycles. The van der Waals surface area contributed by atoms with Gasteiger partial charge < -0.3 is 0 Å². The molecule has 0 radical (unpaired) electrons. The van der Waals surface area contributed by atoms with Gasteiger partial charge in [0.2, 0.25) is 0 Å². The van der Waals surface area contributed by atoms with E-state index in [0.717, 1.165) is 0 Å². The standard InChI is InChI=1S/C2H6OP/c1-4(2)3/h1-2H3/q+1. The molecule has 0 bridgehead atoms. The molecular formula is C2H6OP+. The van der Waals surface area contributed by atoms with Crippen LogP contribution in [0.3, 0.4) is 0 Å². The first-order chi connectivity index (χ1) is 1.73. The Morgan fingerprint density at radius 2 is 1.50 bits per heavy atom. The third-order valence-electron chi connectivity index (χ3n) is 0. The maximum Gasteiger partial charge on any atom is 0.332 e. The molecule has 0 aromatic rings. The zero-order chi connectivity index (χ0) is 3.58. The van der Waals surface area contributed by atoms with Gasteiger partial charge in [0.15, 0.2) is 0 Å². The van der Waals surface area contributed by atoms with Gasteiger partial charge in [0.05, 0.1) is 0 Å². The van der Waals surface area contributed by atoms with Gasteiger partial charge in [-0.2, -0.15) is 0 Å². The van der Waals surface area contributed by atoms with Crippen LogP contribution in [0.4, 0.5) is 0 Å². The van der Waals surface area contributed by atoms with Crippen LogP contribution < -0.4 is 0 Å². The first-order valence-corrected chi connectivity index (χ1v) is 3.23. The minimum Gasteiger partial charge on any atom is -0.0755 e. The maximum atomic E-state index is 9.59. The molecule has 0 aliphatic carbocycles. The van der Waals surface area contributed by atoms with Gasteiger partial charge in [-0.15, -0.1) is 0 Å². The fraction of sp³-hybridized carbons (Fsp3) is 1.00. The highest BCUT2D eigenvalue weighted by atomic mass is 31.1. The monoisotopic (exact) mass is 77.0 g/mol. The molecule has 0 saturated heterocycles. The van der Waals surface area contributed by atoms with E-state index in [2.05, 4.69) is 0 Å². The molecule has 1 nitrogen and oxygen atoms in total. The summed E-state index contributed by atoms with van der Waals surface area (Å²) >= 11 is 0. The van der Waals surface area contributed by atoms with E-state index in [1.54, 1.807) is 13.3 Å². The lowest BCUT2D eigenvalue weighted by atomic mass is 11.9. The molecule has 0 heterocycles. The van der Waals surface area contributed by atoms with Crippen molar-refractivity contribution in [3.63, 3.8) is 0 Å². The summed E-state index contributed by atoms with van der Waals surface area (Å²) in [4.78, 5) is 0. The molecule has 0 aliphatic heterocycles. The van der Waals surface area contributed by atoms with Gasteiger partial charge >= 0.3 is 7.80 Å². The Kier molecular flexibility index (Phi) is 1.46. The molecule has 0 rings (SSSR count). The summed E-state index contributed by atoms with van der Waals surface area (Å²) in [5, 5.41) is 0. The lowest BCUT2D eigenvalue weighted by molar-refractivity contribution is 0.594. The highest BCUT2D eigenvalue weighted by Gasteiger charge is 1.80. The van der Waals surface area contributed by atoms with E-state index in [0.29, 0.717) is 0 Å². The zero-order valence-electron chi connectivity index (χ0n) is 2.86. The van der Waals surface area contributed by atoms with Crippen LogP contribution in [0.5, 0.6) is 0 Å². The number of hydrogen-bond acceptors (Lipinski definition) is 1. The Balaban J connectivity index is 2.80. The average Bonchev–Trinajstić information content (AvgIpc) is 0.811. The lowest BCUT2D eigenvalue weighted by Crippen LogP contribution is -1.33. The van der Waals surface area contributed by atoms with Crippen molar-refractivity contribution >= 4 is 7.80 Å². The van der Waals surface area contributed by atoms with E-state index in [4.69, 9.17) is 0 Å². The SMILES string of the molecule is C[P+](C)=O. The molecule has 0 amide bonds. The second kappa shape index (κ2) is 1.42. The molecule has 0 unspecified atom stereocenters. The molecule has 4 heavy (non-hydrogen) atoms. The molecule has 24 valence electrons. The van der Waals surface area contributed by atoms with E-state index in [9.17, 15) is 4.57 Å². The van der Waals surface area contributed by atoms with Crippen molar-refractivity contribution in [2.45, 2.75) is 0 Å². The van der Waals surface area contributed by atoms with Crippen molar-refractivity contribution in [2.75, 3.05) is 13.3 Å². The van der Waals surface area contributed by atoms with Gasteiger partial charge in [-0.1, -0.05) is 4.57 Å². The summed E-state index contributed by atoms with van der Waals surface area (Å²) in [6.45, 7) is 3.35. The van der Waals surface area contributed by atoms with Gasteiger partial charge in [0.25, 0.3) is 0 Å². The van der Waals surface area contributed by atoms with Crippen LogP contribution in [0.1, 0.15) is 0 Å². The summed E-state index contributed by atoms with van der Waals surface area (Å²) in [7, 11) is -0.870. The van der Waals surface area contributed by atoms with Crippen LogP contribution in [0.25, 0.3) is 0 Å². The minimum atomic E-state index is -0.870. The molecular weight excluding hydrogens is 71.0 g/mol. The molecule has 0 aliphatic rings. The largest absolute Gasteiger partial charge is 0.332 e. The average molecular weight is 77.0 g/mol. The van der Waals surface area contributed by atoms with Crippen molar-refractivity contribution in [3.8, 4) is 0 Å². The Morgan fingerprint density at radius 3 is 1.50 bits per heavy atom. The van der Waals surface area contributed by atoms with E-state index < -0.39 is 7.80 Å². The summed E-state index contributed by atoms with van der Waals surface area (Å²) in [5.74, 6) is 0. The van der Waals surface area contributed by atoms with Gasteiger partial charge in [0, 0.05) is 0 Å². The molecule has 2 heteroatoms. The third-order valence-corrected chi connectivity index (χ3v) is 0. The maximum absolute atomic E-state index is 9.59. The first-order valence-electron chi connectivity index (χ1n) is 1.08. The molecule has 0 fully saturated rings. The van der Waals surface area contributed by atoms with Crippen LogP contribution in [-0.2, 0) is 4.57 Å². The van der Waals surface area contributed by atoms with Gasteiger partial charge in [-0.3, -0.25) is 0 Å². The quantitative estimate of drug-likeness (QED) is 0.395. The number of hydrogen-bond donors (Lipinski definition) is 0. The third kappa shape index (κ3) is 254. The van der Waals surface area contributed by atoms with E-state index in [-0.39, 0.29) is 0 Å². The highest BCUT2D eigenvalue weighted by Crippen LogP contribution is 2.00. The van der Waals surface area contributed by atoms with Crippen molar-refractivity contribution < 1.29 is 4.57 Å². The second-order valence-electron chi connectivity index (χ2n) is 0.812. The molecule has 0 atom stereocenters. The molecule has 0 spiro atoms. The molecule has 0 aromatic heterocycles. The summed E-state index contributed by atoms with van der Waals surface area (Å²) in [5.41, 5.74) is 0. The fourth-order valence-corrected chi connectivity index (χ4v) is 0. The molecule has 0 saturated carbocycles.